The number of nitriles is 1. The molecule has 4 aromatic rings. The molecule has 214 valence electrons. The van der Waals surface area contributed by atoms with Crippen LogP contribution in [0.4, 0.5) is 21.8 Å². The van der Waals surface area contributed by atoms with Crippen LogP contribution in [0.3, 0.4) is 0 Å². The van der Waals surface area contributed by atoms with Crippen LogP contribution in [-0.2, 0) is 6.54 Å². The lowest BCUT2D eigenvalue weighted by Crippen LogP contribution is -2.43. The van der Waals surface area contributed by atoms with Gasteiger partial charge in [-0.25, -0.2) is 19.3 Å². The van der Waals surface area contributed by atoms with Crippen molar-refractivity contribution in [3.8, 4) is 17.3 Å². The lowest BCUT2D eigenvalue weighted by atomic mass is 10.1. The number of carbonyl (C=O) groups is 1. The van der Waals surface area contributed by atoms with E-state index in [9.17, 15) is 14.4 Å². The lowest BCUT2D eigenvalue weighted by molar-refractivity contribution is 0.0940. The van der Waals surface area contributed by atoms with Crippen LogP contribution in [0, 0.1) is 17.1 Å². The molecular formula is C31H32FN9O. The molecule has 2 aromatic heterocycles. The van der Waals surface area contributed by atoms with Crippen molar-refractivity contribution >= 4 is 23.4 Å². The first-order chi connectivity index (χ1) is 20.3. The molecule has 5 rings (SSSR count). The number of piperidine rings is 1. The van der Waals surface area contributed by atoms with Gasteiger partial charge in [0.15, 0.2) is 11.6 Å². The van der Waals surface area contributed by atoms with Crippen LogP contribution in [0.2, 0.25) is 0 Å². The molecule has 11 heteroatoms. The fourth-order valence-corrected chi connectivity index (χ4v) is 4.89. The van der Waals surface area contributed by atoms with E-state index in [-0.39, 0.29) is 29.0 Å². The molecule has 42 heavy (non-hydrogen) atoms. The molecule has 0 spiro atoms. The number of nitrogens with two attached hydrogens (primary N) is 2. The van der Waals surface area contributed by atoms with Crippen LogP contribution >= 0.6 is 0 Å². The molecule has 1 amide bonds. The molecule has 2 atom stereocenters. The second-order valence-electron chi connectivity index (χ2n) is 10.3. The molecule has 1 aliphatic rings. The average molecular weight is 566 g/mol. The summed E-state index contributed by atoms with van der Waals surface area (Å²) in [6, 6.07) is 17.0. The fraction of sp³-hybridized carbons (Fsp3) is 0.258. The summed E-state index contributed by atoms with van der Waals surface area (Å²) in [7, 11) is 0. The van der Waals surface area contributed by atoms with Crippen molar-refractivity contribution in [2.45, 2.75) is 38.4 Å². The van der Waals surface area contributed by atoms with Crippen molar-refractivity contribution in [1.29, 1.82) is 5.26 Å². The van der Waals surface area contributed by atoms with Gasteiger partial charge in [-0.2, -0.15) is 5.26 Å². The minimum Gasteiger partial charge on any atom is -0.381 e. The maximum absolute atomic E-state index is 13.3. The topological polar surface area (TPSA) is 159 Å². The monoisotopic (exact) mass is 565 g/mol. The van der Waals surface area contributed by atoms with Crippen LogP contribution < -0.4 is 27.0 Å². The number of pyridine rings is 1. The van der Waals surface area contributed by atoms with Gasteiger partial charge in [0.05, 0.1) is 29.1 Å². The minimum atomic E-state index is -0.401. The Morgan fingerprint density at radius 2 is 1.93 bits per heavy atom. The van der Waals surface area contributed by atoms with E-state index in [1.807, 2.05) is 30.3 Å². The summed E-state index contributed by atoms with van der Waals surface area (Å²) < 4.78 is 13.3. The molecule has 1 saturated heterocycles. The zero-order valence-electron chi connectivity index (χ0n) is 23.2. The standard InChI is InChI=1S/C31H32FN9O/c1-19(22-8-10-24(32)11-9-22)39-31(42)26-13-21(14-33)16-38-29(26)37-15-20-4-6-23(7-5-20)27-17-36-28(35)30(40-27)41-12-2-3-25(34)18-41/h4-11,13,16-17,19,25H,2-3,12,15,18,34H2,1H3,(H2,35,36)(H,37,38)(H,39,42). The summed E-state index contributed by atoms with van der Waals surface area (Å²) >= 11 is 0. The Labute approximate surface area is 243 Å². The molecule has 0 saturated carbocycles. The Balaban J connectivity index is 1.28. The normalized spacial score (nSPS) is 15.5. The smallest absolute Gasteiger partial charge is 0.255 e. The Hall–Kier alpha value is -5.08. The highest BCUT2D eigenvalue weighted by Crippen LogP contribution is 2.27. The number of nitrogens with zero attached hydrogens (tertiary/aromatic N) is 5. The maximum atomic E-state index is 13.3. The fourth-order valence-electron chi connectivity index (χ4n) is 4.89. The van der Waals surface area contributed by atoms with Crippen molar-refractivity contribution in [3.05, 3.63) is 95.1 Å². The van der Waals surface area contributed by atoms with Gasteiger partial charge in [0.1, 0.15) is 17.7 Å². The third kappa shape index (κ3) is 6.62. The van der Waals surface area contributed by atoms with Gasteiger partial charge >= 0.3 is 0 Å². The van der Waals surface area contributed by atoms with E-state index in [1.165, 1.54) is 24.4 Å². The number of aromatic nitrogens is 3. The molecule has 2 unspecified atom stereocenters. The third-order valence-corrected chi connectivity index (χ3v) is 7.23. The van der Waals surface area contributed by atoms with E-state index in [0.29, 0.717) is 36.2 Å². The number of nitrogen functional groups attached to an aromatic ring is 1. The van der Waals surface area contributed by atoms with E-state index in [1.54, 1.807) is 25.3 Å². The summed E-state index contributed by atoms with van der Waals surface area (Å²) in [5.74, 6) is 0.629. The third-order valence-electron chi connectivity index (χ3n) is 7.23. The molecule has 1 fully saturated rings. The van der Waals surface area contributed by atoms with Crippen molar-refractivity contribution in [2.75, 3.05) is 29.0 Å². The SMILES string of the molecule is CC(NC(=O)c1cc(C#N)cnc1NCc1ccc(-c2cnc(N)c(N3CCCC(N)C3)n2)cc1)c1ccc(F)cc1. The Bertz CT molecular complexity index is 1600. The van der Waals surface area contributed by atoms with Gasteiger partial charge in [-0.15, -0.1) is 0 Å². The summed E-state index contributed by atoms with van der Waals surface area (Å²) in [6.45, 7) is 3.73. The van der Waals surface area contributed by atoms with Crippen molar-refractivity contribution in [2.24, 2.45) is 5.73 Å². The molecule has 2 aromatic carbocycles. The number of anilines is 3. The van der Waals surface area contributed by atoms with Crippen molar-refractivity contribution in [1.82, 2.24) is 20.3 Å². The molecule has 0 radical (unpaired) electrons. The van der Waals surface area contributed by atoms with Gasteiger partial charge in [0.2, 0.25) is 0 Å². The Kier molecular flexibility index (Phi) is 8.55. The van der Waals surface area contributed by atoms with Gasteiger partial charge in [-0.05, 0) is 49.1 Å². The summed E-state index contributed by atoms with van der Waals surface area (Å²) in [4.78, 5) is 28.8. The molecular weight excluding hydrogens is 533 g/mol. The first kappa shape index (κ1) is 28.4. The highest BCUT2D eigenvalue weighted by atomic mass is 19.1. The zero-order valence-corrected chi connectivity index (χ0v) is 23.2. The number of nitrogens with one attached hydrogen (secondary N) is 2. The summed E-state index contributed by atoms with van der Waals surface area (Å²) in [5, 5.41) is 15.5. The first-order valence-electron chi connectivity index (χ1n) is 13.7. The Morgan fingerprint density at radius 1 is 1.17 bits per heavy atom. The van der Waals surface area contributed by atoms with Gasteiger partial charge in [0.25, 0.3) is 5.91 Å². The number of amides is 1. The van der Waals surface area contributed by atoms with Gasteiger partial charge in [-0.3, -0.25) is 4.79 Å². The van der Waals surface area contributed by atoms with E-state index < -0.39 is 5.91 Å². The zero-order chi connectivity index (χ0) is 29.6. The number of hydrogen-bond acceptors (Lipinski definition) is 9. The average Bonchev–Trinajstić information content (AvgIpc) is 3.00. The first-order valence-corrected chi connectivity index (χ1v) is 13.7. The van der Waals surface area contributed by atoms with Crippen LogP contribution in [0.5, 0.6) is 0 Å². The van der Waals surface area contributed by atoms with Crippen LogP contribution in [0.25, 0.3) is 11.3 Å². The number of hydrogen-bond donors (Lipinski definition) is 4. The van der Waals surface area contributed by atoms with E-state index in [2.05, 4.69) is 25.5 Å². The van der Waals surface area contributed by atoms with Gasteiger partial charge < -0.3 is 27.0 Å². The van der Waals surface area contributed by atoms with Crippen molar-refractivity contribution in [3.63, 3.8) is 0 Å². The van der Waals surface area contributed by atoms with Gasteiger partial charge in [0, 0.05) is 37.4 Å². The van der Waals surface area contributed by atoms with E-state index >= 15 is 0 Å². The second kappa shape index (κ2) is 12.6. The second-order valence-corrected chi connectivity index (χ2v) is 10.3. The molecule has 0 aliphatic carbocycles. The molecule has 10 nitrogen and oxygen atoms in total. The summed E-state index contributed by atoms with van der Waals surface area (Å²) in [5.41, 5.74) is 16.1. The lowest BCUT2D eigenvalue weighted by Gasteiger charge is -2.32. The minimum absolute atomic E-state index is 0.0887. The van der Waals surface area contributed by atoms with E-state index in [4.69, 9.17) is 16.5 Å². The number of carbonyl (C=O) groups excluding carboxylic acids is 1. The van der Waals surface area contributed by atoms with Crippen LogP contribution in [0.15, 0.2) is 67.0 Å². The van der Waals surface area contributed by atoms with Crippen molar-refractivity contribution < 1.29 is 9.18 Å². The maximum Gasteiger partial charge on any atom is 0.255 e. The number of rotatable bonds is 8. The predicted molar refractivity (Wildman–Crippen MR) is 160 cm³/mol. The highest BCUT2D eigenvalue weighted by molar-refractivity contribution is 5.99. The summed E-state index contributed by atoms with van der Waals surface area (Å²) in [6.07, 6.45) is 5.05. The van der Waals surface area contributed by atoms with Crippen LogP contribution in [0.1, 0.15) is 52.9 Å². The van der Waals surface area contributed by atoms with E-state index in [0.717, 1.165) is 36.1 Å². The molecule has 6 N–H and O–H groups in total. The van der Waals surface area contributed by atoms with Gasteiger partial charge in [-0.1, -0.05) is 36.4 Å². The molecule has 3 heterocycles. The molecule has 0 bridgehead atoms. The molecule has 1 aliphatic heterocycles. The highest BCUT2D eigenvalue weighted by Gasteiger charge is 2.21. The predicted octanol–water partition coefficient (Wildman–Crippen LogP) is 4.16. The number of benzene rings is 2. The Morgan fingerprint density at radius 3 is 2.64 bits per heavy atom. The van der Waals surface area contributed by atoms with Crippen LogP contribution in [-0.4, -0.2) is 40.0 Å². The quantitative estimate of drug-likeness (QED) is 0.246. The largest absolute Gasteiger partial charge is 0.381 e. The number of halogens is 1.